The molecular formula is C24H24N6O. The molecule has 2 aromatic heterocycles. The van der Waals surface area contributed by atoms with Crippen molar-refractivity contribution in [3.63, 3.8) is 0 Å². The molecule has 4 aromatic rings. The molecule has 1 atom stereocenters. The Morgan fingerprint density at radius 2 is 1.87 bits per heavy atom. The van der Waals surface area contributed by atoms with Gasteiger partial charge in [0.1, 0.15) is 17.7 Å². The van der Waals surface area contributed by atoms with Gasteiger partial charge >= 0.3 is 0 Å². The van der Waals surface area contributed by atoms with E-state index in [2.05, 4.69) is 55.1 Å². The molecule has 156 valence electrons. The number of aliphatic hydroxyl groups excluding tert-OH is 1. The fraction of sp³-hybridized carbons (Fsp3) is 0.250. The van der Waals surface area contributed by atoms with Crippen LogP contribution in [0.4, 0.5) is 17.2 Å². The molecule has 6 rings (SSSR count). The Morgan fingerprint density at radius 3 is 2.71 bits per heavy atom. The summed E-state index contributed by atoms with van der Waals surface area (Å²) in [6.07, 6.45) is 5.82. The van der Waals surface area contributed by atoms with Crippen LogP contribution in [0.2, 0.25) is 0 Å². The molecule has 7 heteroatoms. The molecule has 1 spiro atoms. The molecule has 1 unspecified atom stereocenters. The number of pyridine rings is 1. The van der Waals surface area contributed by atoms with E-state index >= 15 is 0 Å². The molecular weight excluding hydrogens is 388 g/mol. The van der Waals surface area contributed by atoms with Gasteiger partial charge in [0.05, 0.1) is 5.54 Å². The van der Waals surface area contributed by atoms with Crippen LogP contribution in [0.5, 0.6) is 0 Å². The first-order chi connectivity index (χ1) is 15.1. The Labute approximate surface area is 180 Å². The summed E-state index contributed by atoms with van der Waals surface area (Å²) in [6, 6.07) is 16.7. The summed E-state index contributed by atoms with van der Waals surface area (Å²) in [4.78, 5) is 10.8. The van der Waals surface area contributed by atoms with Crippen molar-refractivity contribution in [2.45, 2.75) is 24.6 Å². The van der Waals surface area contributed by atoms with Gasteiger partial charge in [-0.1, -0.05) is 24.3 Å². The number of benzene rings is 2. The number of nitrogens with one attached hydrogen (secondary N) is 1. The minimum atomic E-state index is -0.453. The number of fused-ring (bicyclic) bond motifs is 3. The van der Waals surface area contributed by atoms with Gasteiger partial charge in [-0.15, -0.1) is 0 Å². The Kier molecular flexibility index (Phi) is 3.94. The van der Waals surface area contributed by atoms with Crippen molar-refractivity contribution in [1.29, 1.82) is 0 Å². The van der Waals surface area contributed by atoms with E-state index in [0.717, 1.165) is 48.3 Å². The van der Waals surface area contributed by atoms with Crippen LogP contribution in [0.1, 0.15) is 23.9 Å². The van der Waals surface area contributed by atoms with Crippen molar-refractivity contribution < 1.29 is 5.11 Å². The first-order valence-corrected chi connectivity index (χ1v) is 10.6. The number of hydrogen-bond acceptors (Lipinski definition) is 6. The maximum atomic E-state index is 10.3. The lowest BCUT2D eigenvalue weighted by Crippen LogP contribution is -2.61. The first-order valence-electron chi connectivity index (χ1n) is 10.6. The van der Waals surface area contributed by atoms with Crippen LogP contribution >= 0.6 is 0 Å². The summed E-state index contributed by atoms with van der Waals surface area (Å²) < 4.78 is 2.17. The van der Waals surface area contributed by atoms with Crippen LogP contribution < -0.4 is 16.0 Å². The number of nitrogens with zero attached hydrogens (tertiary/aromatic N) is 4. The number of rotatable bonds is 4. The quantitative estimate of drug-likeness (QED) is 0.476. The van der Waals surface area contributed by atoms with Crippen molar-refractivity contribution in [1.82, 2.24) is 14.5 Å². The fourth-order valence-electron chi connectivity index (χ4n) is 5.05. The number of imidazole rings is 1. The standard InChI is InChI=1S/C24H24N6O/c25-22-19-2-1-3-20(18(19)8-9-26-22)28-13-16-4-6-17(7-5-16)29-14-24(15-29)12-21(31)23-27-10-11-30(23)24/h1-11,21,28,31H,12-15H2,(H2,25,26). The average Bonchev–Trinajstić information content (AvgIpc) is 3.35. The third kappa shape index (κ3) is 2.84. The Balaban J connectivity index is 1.13. The van der Waals surface area contributed by atoms with Crippen LogP contribution in [0.25, 0.3) is 10.8 Å². The van der Waals surface area contributed by atoms with Crippen molar-refractivity contribution in [3.05, 3.63) is 78.5 Å². The molecule has 0 bridgehead atoms. The van der Waals surface area contributed by atoms with Crippen LogP contribution in [0.15, 0.2) is 67.1 Å². The second kappa shape index (κ2) is 6.72. The smallest absolute Gasteiger partial charge is 0.138 e. The number of aromatic nitrogens is 3. The van der Waals surface area contributed by atoms with Crippen LogP contribution in [-0.2, 0) is 12.1 Å². The molecule has 2 aliphatic heterocycles. The molecule has 1 fully saturated rings. The van der Waals surface area contributed by atoms with Gasteiger partial charge in [-0.3, -0.25) is 0 Å². The molecule has 0 radical (unpaired) electrons. The minimum Gasteiger partial charge on any atom is -0.385 e. The summed E-state index contributed by atoms with van der Waals surface area (Å²) in [5, 5.41) is 15.8. The lowest BCUT2D eigenvalue weighted by atomic mass is 9.86. The Hall–Kier alpha value is -3.58. The van der Waals surface area contributed by atoms with E-state index in [4.69, 9.17) is 5.73 Å². The molecule has 0 amide bonds. The fourth-order valence-corrected chi connectivity index (χ4v) is 5.05. The van der Waals surface area contributed by atoms with Crippen molar-refractivity contribution in [3.8, 4) is 0 Å². The zero-order valence-corrected chi connectivity index (χ0v) is 17.1. The number of hydrogen-bond donors (Lipinski definition) is 3. The van der Waals surface area contributed by atoms with E-state index < -0.39 is 6.10 Å². The van der Waals surface area contributed by atoms with Crippen LogP contribution in [0, 0.1) is 0 Å². The highest BCUT2D eigenvalue weighted by Gasteiger charge is 2.51. The summed E-state index contributed by atoms with van der Waals surface area (Å²) in [5.41, 5.74) is 9.46. The van der Waals surface area contributed by atoms with E-state index in [0.29, 0.717) is 5.82 Å². The summed E-state index contributed by atoms with van der Waals surface area (Å²) in [5.74, 6) is 1.35. The van der Waals surface area contributed by atoms with Crippen LogP contribution in [0.3, 0.4) is 0 Å². The molecule has 0 saturated carbocycles. The largest absolute Gasteiger partial charge is 0.385 e. The first kappa shape index (κ1) is 18.2. The average molecular weight is 412 g/mol. The highest BCUT2D eigenvalue weighted by atomic mass is 16.3. The van der Waals surface area contributed by atoms with E-state index in [1.165, 1.54) is 11.3 Å². The van der Waals surface area contributed by atoms with Crippen LogP contribution in [-0.4, -0.2) is 32.7 Å². The lowest BCUT2D eigenvalue weighted by Gasteiger charge is -2.50. The van der Waals surface area contributed by atoms with E-state index in [1.807, 2.05) is 24.4 Å². The highest BCUT2D eigenvalue weighted by molar-refractivity contribution is 5.99. The van der Waals surface area contributed by atoms with Crippen molar-refractivity contribution in [2.75, 3.05) is 29.0 Å². The second-order valence-electron chi connectivity index (χ2n) is 8.57. The molecule has 0 aliphatic carbocycles. The zero-order chi connectivity index (χ0) is 21.0. The second-order valence-corrected chi connectivity index (χ2v) is 8.57. The molecule has 31 heavy (non-hydrogen) atoms. The zero-order valence-electron chi connectivity index (χ0n) is 17.1. The SMILES string of the molecule is Nc1nccc2c(NCc3ccc(N4CC5(CC(O)c6nccn65)C4)cc3)cccc12. The maximum absolute atomic E-state index is 10.3. The summed E-state index contributed by atoms with van der Waals surface area (Å²) in [6.45, 7) is 2.53. The number of nitrogen functional groups attached to an aromatic ring is 1. The third-order valence-corrected chi connectivity index (χ3v) is 6.64. The van der Waals surface area contributed by atoms with Gasteiger partial charge in [0.2, 0.25) is 0 Å². The van der Waals surface area contributed by atoms with E-state index in [1.54, 1.807) is 12.4 Å². The molecule has 7 nitrogen and oxygen atoms in total. The predicted molar refractivity (Wildman–Crippen MR) is 122 cm³/mol. The van der Waals surface area contributed by atoms with Gasteiger partial charge in [-0.05, 0) is 29.8 Å². The Bertz CT molecular complexity index is 1260. The van der Waals surface area contributed by atoms with Gasteiger partial charge in [0, 0.05) is 66.8 Å². The number of aliphatic hydroxyl groups is 1. The minimum absolute atomic E-state index is 0.0173. The van der Waals surface area contributed by atoms with Crippen molar-refractivity contribution >= 4 is 28.0 Å². The third-order valence-electron chi connectivity index (χ3n) is 6.64. The van der Waals surface area contributed by atoms with Crippen molar-refractivity contribution in [2.24, 2.45) is 0 Å². The van der Waals surface area contributed by atoms with E-state index in [-0.39, 0.29) is 5.54 Å². The van der Waals surface area contributed by atoms with Gasteiger partial charge in [-0.2, -0.15) is 0 Å². The van der Waals surface area contributed by atoms with E-state index in [9.17, 15) is 5.11 Å². The summed E-state index contributed by atoms with van der Waals surface area (Å²) in [7, 11) is 0. The van der Waals surface area contributed by atoms with Gasteiger partial charge in [0.25, 0.3) is 0 Å². The van der Waals surface area contributed by atoms with Gasteiger partial charge in [-0.25, -0.2) is 9.97 Å². The van der Waals surface area contributed by atoms with Gasteiger partial charge in [0.15, 0.2) is 0 Å². The number of nitrogens with two attached hydrogens (primary N) is 1. The highest BCUT2D eigenvalue weighted by Crippen LogP contribution is 2.45. The van der Waals surface area contributed by atoms with Gasteiger partial charge < -0.3 is 25.6 Å². The number of anilines is 3. The normalized spacial score (nSPS) is 18.9. The predicted octanol–water partition coefficient (Wildman–Crippen LogP) is 3.28. The summed E-state index contributed by atoms with van der Waals surface area (Å²) >= 11 is 0. The molecule has 1 saturated heterocycles. The molecule has 2 aliphatic rings. The molecule has 4 N–H and O–H groups in total. The topological polar surface area (TPSA) is 92.2 Å². The monoisotopic (exact) mass is 412 g/mol. The molecule has 4 heterocycles. The Morgan fingerprint density at radius 1 is 1.03 bits per heavy atom. The maximum Gasteiger partial charge on any atom is 0.138 e. The molecule has 2 aromatic carbocycles. The lowest BCUT2D eigenvalue weighted by molar-refractivity contribution is 0.129.